The molecule has 0 saturated carbocycles. The van der Waals surface area contributed by atoms with Crippen LogP contribution in [0, 0.1) is 6.92 Å². The Labute approximate surface area is 155 Å². The van der Waals surface area contributed by atoms with Crippen LogP contribution in [0.2, 0.25) is 0 Å². The summed E-state index contributed by atoms with van der Waals surface area (Å²) in [5.41, 5.74) is 1.45. The average Bonchev–Trinajstić information content (AvgIpc) is 2.91. The Bertz CT molecular complexity index is 648. The van der Waals surface area contributed by atoms with Crippen molar-refractivity contribution in [3.05, 3.63) is 23.3 Å². The van der Waals surface area contributed by atoms with Crippen LogP contribution in [0.15, 0.2) is 12.1 Å². The fraction of sp³-hybridized carbons (Fsp3) is 0.579. The van der Waals surface area contributed by atoms with E-state index in [0.717, 1.165) is 18.4 Å². The Morgan fingerprint density at radius 3 is 2.31 bits per heavy atom. The number of hydrogen-bond donors (Lipinski definition) is 1. The predicted octanol–water partition coefficient (Wildman–Crippen LogP) is 2.28. The molecule has 1 aliphatic rings. The fourth-order valence-corrected chi connectivity index (χ4v) is 3.05. The van der Waals surface area contributed by atoms with E-state index in [0.29, 0.717) is 49.8 Å². The molecule has 1 aromatic rings. The molecule has 1 aliphatic heterocycles. The van der Waals surface area contributed by atoms with Gasteiger partial charge in [-0.15, -0.1) is 0 Å². The van der Waals surface area contributed by atoms with E-state index in [-0.39, 0.29) is 11.9 Å². The summed E-state index contributed by atoms with van der Waals surface area (Å²) in [7, 11) is 3.13. The topological polar surface area (TPSA) is 71.1 Å². The highest BCUT2D eigenvalue weighted by atomic mass is 16.5. The number of nitrogens with one attached hydrogen (secondary N) is 1. The first-order valence-corrected chi connectivity index (χ1v) is 9.06. The zero-order valence-electron chi connectivity index (χ0n) is 16.1. The molecular weight excluding hydrogens is 334 g/mol. The van der Waals surface area contributed by atoms with Gasteiger partial charge in [-0.2, -0.15) is 0 Å². The van der Waals surface area contributed by atoms with E-state index < -0.39 is 0 Å². The van der Waals surface area contributed by atoms with E-state index in [1.807, 2.05) is 19.9 Å². The van der Waals surface area contributed by atoms with Crippen molar-refractivity contribution in [1.29, 1.82) is 0 Å². The van der Waals surface area contributed by atoms with Gasteiger partial charge in [0.05, 0.1) is 14.2 Å². The Hall–Kier alpha value is -2.44. The molecule has 0 atom stereocenters. The normalized spacial score (nSPS) is 14.6. The summed E-state index contributed by atoms with van der Waals surface area (Å²) < 4.78 is 10.6. The summed E-state index contributed by atoms with van der Waals surface area (Å²) in [6.07, 6.45) is 1.67. The third kappa shape index (κ3) is 4.59. The lowest BCUT2D eigenvalue weighted by atomic mass is 10.1. The number of aryl methyl sites for hydroxylation is 1. The van der Waals surface area contributed by atoms with Gasteiger partial charge in [0.1, 0.15) is 0 Å². The molecule has 0 aromatic heterocycles. The van der Waals surface area contributed by atoms with E-state index in [9.17, 15) is 9.59 Å². The zero-order chi connectivity index (χ0) is 19.1. The number of amides is 3. The lowest BCUT2D eigenvalue weighted by Crippen LogP contribution is -2.42. The molecule has 1 heterocycles. The van der Waals surface area contributed by atoms with Crippen LogP contribution in [0.1, 0.15) is 35.7 Å². The molecule has 144 valence electrons. The minimum atomic E-state index is -0.0524. The van der Waals surface area contributed by atoms with Gasteiger partial charge in [0.25, 0.3) is 5.91 Å². The van der Waals surface area contributed by atoms with Crippen LogP contribution in [0.3, 0.4) is 0 Å². The Morgan fingerprint density at radius 2 is 1.65 bits per heavy atom. The van der Waals surface area contributed by atoms with Crippen molar-refractivity contribution in [1.82, 2.24) is 15.1 Å². The molecule has 0 bridgehead atoms. The number of urea groups is 1. The molecule has 1 N–H and O–H groups in total. The van der Waals surface area contributed by atoms with E-state index in [1.54, 1.807) is 30.1 Å². The standard InChI is InChI=1S/C19H29N3O4/c1-5-7-20-19(24)22-9-6-8-21(10-11-22)18(23)15-13-17(26-4)16(25-3)12-14(15)2/h12-13H,5-11H2,1-4H3,(H,20,24). The van der Waals surface area contributed by atoms with Crippen molar-refractivity contribution in [2.24, 2.45) is 0 Å². The number of nitrogens with zero attached hydrogens (tertiary/aromatic N) is 2. The molecule has 0 unspecified atom stereocenters. The van der Waals surface area contributed by atoms with Gasteiger partial charge in [0.2, 0.25) is 0 Å². The van der Waals surface area contributed by atoms with Crippen LogP contribution in [-0.2, 0) is 0 Å². The number of benzene rings is 1. The van der Waals surface area contributed by atoms with Gasteiger partial charge < -0.3 is 24.6 Å². The molecule has 7 heteroatoms. The van der Waals surface area contributed by atoms with E-state index in [2.05, 4.69) is 5.32 Å². The van der Waals surface area contributed by atoms with Crippen molar-refractivity contribution in [2.45, 2.75) is 26.7 Å². The number of carbonyl (C=O) groups excluding carboxylic acids is 2. The monoisotopic (exact) mass is 363 g/mol. The molecule has 1 aromatic carbocycles. The molecular formula is C19H29N3O4. The second-order valence-electron chi connectivity index (χ2n) is 6.39. The van der Waals surface area contributed by atoms with Crippen molar-refractivity contribution in [3.8, 4) is 11.5 Å². The maximum absolute atomic E-state index is 13.0. The van der Waals surface area contributed by atoms with Gasteiger partial charge in [-0.05, 0) is 37.5 Å². The first-order chi connectivity index (χ1) is 12.5. The number of hydrogen-bond acceptors (Lipinski definition) is 4. The van der Waals surface area contributed by atoms with Crippen molar-refractivity contribution in [3.63, 3.8) is 0 Å². The SMILES string of the molecule is CCCNC(=O)N1CCCN(C(=O)c2cc(OC)c(OC)cc2C)CC1. The Balaban J connectivity index is 2.09. The van der Waals surface area contributed by atoms with Crippen molar-refractivity contribution in [2.75, 3.05) is 46.9 Å². The van der Waals surface area contributed by atoms with E-state index in [4.69, 9.17) is 9.47 Å². The molecule has 1 saturated heterocycles. The summed E-state index contributed by atoms with van der Waals surface area (Å²) in [6, 6.07) is 3.49. The quantitative estimate of drug-likeness (QED) is 0.871. The molecule has 26 heavy (non-hydrogen) atoms. The highest BCUT2D eigenvalue weighted by molar-refractivity contribution is 5.96. The maximum atomic E-state index is 13.0. The van der Waals surface area contributed by atoms with Crippen LogP contribution in [0.4, 0.5) is 4.79 Å². The van der Waals surface area contributed by atoms with Gasteiger partial charge in [-0.1, -0.05) is 6.92 Å². The molecule has 3 amide bonds. The fourth-order valence-electron chi connectivity index (χ4n) is 3.05. The molecule has 7 nitrogen and oxygen atoms in total. The summed E-state index contributed by atoms with van der Waals surface area (Å²) in [6.45, 7) is 6.92. The third-order valence-electron chi connectivity index (χ3n) is 4.56. The molecule has 0 radical (unpaired) electrons. The first kappa shape index (κ1) is 19.9. The molecule has 0 aliphatic carbocycles. The summed E-state index contributed by atoms with van der Waals surface area (Å²) >= 11 is 0. The first-order valence-electron chi connectivity index (χ1n) is 9.06. The maximum Gasteiger partial charge on any atom is 0.317 e. The smallest absolute Gasteiger partial charge is 0.317 e. The van der Waals surface area contributed by atoms with Crippen LogP contribution in [0.5, 0.6) is 11.5 Å². The second kappa shape index (κ2) is 9.31. The Morgan fingerprint density at radius 1 is 1.04 bits per heavy atom. The Kier molecular flexibility index (Phi) is 7.12. The molecule has 1 fully saturated rings. The minimum Gasteiger partial charge on any atom is -0.493 e. The van der Waals surface area contributed by atoms with Crippen molar-refractivity contribution < 1.29 is 19.1 Å². The van der Waals surface area contributed by atoms with Gasteiger partial charge in [0, 0.05) is 38.3 Å². The minimum absolute atomic E-state index is 0.0423. The number of rotatable bonds is 5. The van der Waals surface area contributed by atoms with Gasteiger partial charge in [-0.3, -0.25) is 4.79 Å². The lowest BCUT2D eigenvalue weighted by Gasteiger charge is -2.23. The van der Waals surface area contributed by atoms with Crippen molar-refractivity contribution >= 4 is 11.9 Å². The van der Waals surface area contributed by atoms with Gasteiger partial charge >= 0.3 is 6.03 Å². The van der Waals surface area contributed by atoms with Crippen LogP contribution >= 0.6 is 0 Å². The highest BCUT2D eigenvalue weighted by Crippen LogP contribution is 2.31. The predicted molar refractivity (Wildman–Crippen MR) is 100 cm³/mol. The lowest BCUT2D eigenvalue weighted by molar-refractivity contribution is 0.0761. The highest BCUT2D eigenvalue weighted by Gasteiger charge is 2.24. The van der Waals surface area contributed by atoms with Crippen LogP contribution < -0.4 is 14.8 Å². The van der Waals surface area contributed by atoms with E-state index in [1.165, 1.54) is 0 Å². The van der Waals surface area contributed by atoms with Crippen LogP contribution in [-0.4, -0.2) is 68.7 Å². The molecule has 0 spiro atoms. The van der Waals surface area contributed by atoms with Crippen LogP contribution in [0.25, 0.3) is 0 Å². The zero-order valence-corrected chi connectivity index (χ0v) is 16.1. The van der Waals surface area contributed by atoms with E-state index >= 15 is 0 Å². The summed E-state index contributed by atoms with van der Waals surface area (Å²) in [5.74, 6) is 1.10. The third-order valence-corrected chi connectivity index (χ3v) is 4.56. The second-order valence-corrected chi connectivity index (χ2v) is 6.39. The van der Waals surface area contributed by atoms with Gasteiger partial charge in [-0.25, -0.2) is 4.79 Å². The number of methoxy groups -OCH3 is 2. The average molecular weight is 363 g/mol. The summed E-state index contributed by atoms with van der Waals surface area (Å²) in [4.78, 5) is 28.7. The number of ether oxygens (including phenoxy) is 2. The molecule has 2 rings (SSSR count). The largest absolute Gasteiger partial charge is 0.493 e. The number of carbonyl (C=O) groups is 2. The van der Waals surface area contributed by atoms with Gasteiger partial charge in [0.15, 0.2) is 11.5 Å². The summed E-state index contributed by atoms with van der Waals surface area (Å²) in [5, 5.41) is 2.90.